The molecule has 0 radical (unpaired) electrons. The Hall–Kier alpha value is -1.31. The molecule has 1 saturated carbocycles. The van der Waals surface area contributed by atoms with E-state index in [1.165, 1.54) is 0 Å². The van der Waals surface area contributed by atoms with Crippen LogP contribution in [0.25, 0.3) is 0 Å². The van der Waals surface area contributed by atoms with Gasteiger partial charge in [0, 0.05) is 10.6 Å². The van der Waals surface area contributed by atoms with E-state index in [4.69, 9.17) is 16.3 Å². The minimum Gasteiger partial charge on any atom is -0.496 e. The fraction of sp³-hybridized carbons (Fsp3) is 0.462. The fourth-order valence-electron chi connectivity index (χ4n) is 2.38. The normalized spacial score (nSPS) is 16.9. The van der Waals surface area contributed by atoms with Crippen LogP contribution in [0.4, 0.5) is 0 Å². The largest absolute Gasteiger partial charge is 0.496 e. The minimum absolute atomic E-state index is 0.518. The van der Waals surface area contributed by atoms with Crippen molar-refractivity contribution in [3.05, 3.63) is 28.3 Å². The van der Waals surface area contributed by atoms with E-state index >= 15 is 0 Å². The second-order valence-electron chi connectivity index (χ2n) is 4.36. The highest BCUT2D eigenvalue weighted by atomic mass is 35.5. The maximum Gasteiger partial charge on any atom is 0.235 e. The number of benzene rings is 1. The molecule has 0 spiro atoms. The molecule has 0 saturated heterocycles. The molecule has 0 N–H and O–H groups in total. The molecule has 0 aliphatic heterocycles. The van der Waals surface area contributed by atoms with Crippen molar-refractivity contribution in [2.45, 2.75) is 31.7 Å². The van der Waals surface area contributed by atoms with Gasteiger partial charge in [-0.25, -0.2) is 4.79 Å². The summed E-state index contributed by atoms with van der Waals surface area (Å²) in [5.41, 5.74) is 1.31. The van der Waals surface area contributed by atoms with E-state index in [2.05, 4.69) is 4.99 Å². The molecule has 0 atom stereocenters. The number of hydrogen-bond acceptors (Lipinski definition) is 3. The number of rotatable bonds is 3. The van der Waals surface area contributed by atoms with Gasteiger partial charge < -0.3 is 4.74 Å². The van der Waals surface area contributed by atoms with E-state index < -0.39 is 5.54 Å². The summed E-state index contributed by atoms with van der Waals surface area (Å²) in [5, 5.41) is 0.603. The third-order valence-corrected chi connectivity index (χ3v) is 3.73. The SMILES string of the molecule is COc1c(C)ccc(Cl)c1C1(N=C=O)CCC1. The monoisotopic (exact) mass is 251 g/mol. The highest BCUT2D eigenvalue weighted by Gasteiger charge is 2.43. The van der Waals surface area contributed by atoms with Crippen LogP contribution >= 0.6 is 11.6 Å². The Labute approximate surface area is 105 Å². The van der Waals surface area contributed by atoms with E-state index in [-0.39, 0.29) is 0 Å². The van der Waals surface area contributed by atoms with Gasteiger partial charge in [0.15, 0.2) is 0 Å². The molecular formula is C13H14ClNO2. The molecule has 90 valence electrons. The molecule has 1 fully saturated rings. The van der Waals surface area contributed by atoms with E-state index in [0.29, 0.717) is 5.02 Å². The number of nitrogens with zero attached hydrogens (tertiary/aromatic N) is 1. The van der Waals surface area contributed by atoms with Crippen LogP contribution < -0.4 is 4.74 Å². The molecule has 17 heavy (non-hydrogen) atoms. The molecule has 2 rings (SSSR count). The van der Waals surface area contributed by atoms with Crippen molar-refractivity contribution in [2.24, 2.45) is 4.99 Å². The summed E-state index contributed by atoms with van der Waals surface area (Å²) in [6, 6.07) is 3.73. The molecule has 3 nitrogen and oxygen atoms in total. The molecule has 0 bridgehead atoms. The Bertz CT molecular complexity index is 488. The fourth-order valence-corrected chi connectivity index (χ4v) is 2.70. The van der Waals surface area contributed by atoms with Crippen LogP contribution in [0.5, 0.6) is 5.75 Å². The Morgan fingerprint density at radius 1 is 1.47 bits per heavy atom. The third-order valence-electron chi connectivity index (χ3n) is 3.41. The first-order chi connectivity index (χ1) is 8.14. The lowest BCUT2D eigenvalue weighted by Crippen LogP contribution is -2.33. The zero-order chi connectivity index (χ0) is 12.5. The van der Waals surface area contributed by atoms with Gasteiger partial charge in [0.25, 0.3) is 0 Å². The Morgan fingerprint density at radius 3 is 2.65 bits per heavy atom. The van der Waals surface area contributed by atoms with Gasteiger partial charge in [-0.2, -0.15) is 4.99 Å². The second kappa shape index (κ2) is 4.52. The molecule has 0 aromatic heterocycles. The zero-order valence-corrected chi connectivity index (χ0v) is 10.7. The van der Waals surface area contributed by atoms with Crippen LogP contribution in [-0.2, 0) is 10.3 Å². The summed E-state index contributed by atoms with van der Waals surface area (Å²) in [5.74, 6) is 0.733. The van der Waals surface area contributed by atoms with Gasteiger partial charge in [-0.1, -0.05) is 17.7 Å². The lowest BCUT2D eigenvalue weighted by atomic mass is 9.71. The van der Waals surface area contributed by atoms with Gasteiger partial charge in [0.2, 0.25) is 6.08 Å². The summed E-state index contributed by atoms with van der Waals surface area (Å²) < 4.78 is 5.41. The number of aliphatic imine (C=N–C) groups is 1. The van der Waals surface area contributed by atoms with E-state index in [1.807, 2.05) is 19.1 Å². The summed E-state index contributed by atoms with van der Waals surface area (Å²) >= 11 is 6.24. The van der Waals surface area contributed by atoms with Crippen LogP contribution in [0.3, 0.4) is 0 Å². The van der Waals surface area contributed by atoms with E-state index in [1.54, 1.807) is 13.2 Å². The highest BCUT2D eigenvalue weighted by molar-refractivity contribution is 6.31. The van der Waals surface area contributed by atoms with E-state index in [0.717, 1.165) is 36.1 Å². The predicted octanol–water partition coefficient (Wildman–Crippen LogP) is 3.37. The first-order valence-corrected chi connectivity index (χ1v) is 5.95. The molecule has 1 aromatic carbocycles. The molecule has 1 aliphatic carbocycles. The van der Waals surface area contributed by atoms with Gasteiger partial charge in [-0.15, -0.1) is 0 Å². The molecule has 1 aromatic rings. The van der Waals surface area contributed by atoms with Crippen molar-refractivity contribution in [1.29, 1.82) is 0 Å². The molecule has 0 unspecified atom stereocenters. The number of ether oxygens (including phenoxy) is 1. The van der Waals surface area contributed by atoms with Crippen LogP contribution in [0, 0.1) is 6.92 Å². The maximum absolute atomic E-state index is 10.6. The quantitative estimate of drug-likeness (QED) is 0.610. The van der Waals surface area contributed by atoms with Crippen LogP contribution in [0.1, 0.15) is 30.4 Å². The van der Waals surface area contributed by atoms with Gasteiger partial charge in [0.05, 0.1) is 7.11 Å². The zero-order valence-electron chi connectivity index (χ0n) is 9.92. The maximum atomic E-state index is 10.6. The number of carbonyl (C=O) groups excluding carboxylic acids is 1. The van der Waals surface area contributed by atoms with Crippen molar-refractivity contribution >= 4 is 17.7 Å². The Kier molecular flexibility index (Phi) is 3.23. The van der Waals surface area contributed by atoms with Gasteiger partial charge in [-0.3, -0.25) is 0 Å². The lowest BCUT2D eigenvalue weighted by Gasteiger charge is -2.38. The number of methoxy groups -OCH3 is 1. The van der Waals surface area contributed by atoms with Crippen molar-refractivity contribution in [1.82, 2.24) is 0 Å². The number of hydrogen-bond donors (Lipinski definition) is 0. The summed E-state index contributed by atoms with van der Waals surface area (Å²) in [6.07, 6.45) is 4.35. The number of isocyanates is 1. The first kappa shape index (κ1) is 12.2. The lowest BCUT2D eigenvalue weighted by molar-refractivity contribution is 0.246. The Morgan fingerprint density at radius 2 is 2.18 bits per heavy atom. The van der Waals surface area contributed by atoms with Gasteiger partial charge in [0.1, 0.15) is 11.3 Å². The van der Waals surface area contributed by atoms with Crippen LogP contribution in [0.2, 0.25) is 5.02 Å². The van der Waals surface area contributed by atoms with Crippen molar-refractivity contribution in [3.8, 4) is 5.75 Å². The van der Waals surface area contributed by atoms with E-state index in [9.17, 15) is 4.79 Å². The van der Waals surface area contributed by atoms with Gasteiger partial charge in [-0.05, 0) is 37.8 Å². The Balaban J connectivity index is 2.64. The second-order valence-corrected chi connectivity index (χ2v) is 4.77. The first-order valence-electron chi connectivity index (χ1n) is 5.57. The topological polar surface area (TPSA) is 38.7 Å². The minimum atomic E-state index is -0.518. The van der Waals surface area contributed by atoms with Crippen molar-refractivity contribution in [3.63, 3.8) is 0 Å². The van der Waals surface area contributed by atoms with Gasteiger partial charge >= 0.3 is 0 Å². The number of halogens is 1. The summed E-state index contributed by atoms with van der Waals surface area (Å²) in [4.78, 5) is 14.6. The molecular weight excluding hydrogens is 238 g/mol. The standard InChI is InChI=1S/C13H14ClNO2/c1-9-4-5-10(14)11(12(9)17-2)13(15-8-16)6-3-7-13/h4-5H,3,6-7H2,1-2H3. The molecule has 0 heterocycles. The third kappa shape index (κ3) is 1.86. The summed E-state index contributed by atoms with van der Waals surface area (Å²) in [6.45, 7) is 1.95. The predicted molar refractivity (Wildman–Crippen MR) is 66.4 cm³/mol. The molecule has 0 amide bonds. The van der Waals surface area contributed by atoms with Crippen molar-refractivity contribution < 1.29 is 9.53 Å². The summed E-state index contributed by atoms with van der Waals surface area (Å²) in [7, 11) is 1.61. The highest BCUT2D eigenvalue weighted by Crippen LogP contribution is 2.51. The van der Waals surface area contributed by atoms with Crippen molar-refractivity contribution in [2.75, 3.05) is 7.11 Å². The molecule has 4 heteroatoms. The smallest absolute Gasteiger partial charge is 0.235 e. The average molecular weight is 252 g/mol. The average Bonchev–Trinajstić information content (AvgIpc) is 2.27. The number of aryl methyl sites for hydroxylation is 1. The van der Waals surface area contributed by atoms with Crippen LogP contribution in [-0.4, -0.2) is 13.2 Å². The van der Waals surface area contributed by atoms with Crippen LogP contribution in [0.15, 0.2) is 17.1 Å². The molecule has 1 aliphatic rings.